The topological polar surface area (TPSA) is 68.9 Å². The Morgan fingerprint density at radius 1 is 1.23 bits per heavy atom. The number of halogens is 3. The van der Waals surface area contributed by atoms with Gasteiger partial charge in [-0.15, -0.1) is 0 Å². The van der Waals surface area contributed by atoms with Crippen LogP contribution in [0.25, 0.3) is 0 Å². The molecular formula is C21H27F3N4O2. The molecule has 0 saturated carbocycles. The van der Waals surface area contributed by atoms with Crippen molar-refractivity contribution in [2.24, 2.45) is 5.92 Å². The maximum atomic E-state index is 13.1. The van der Waals surface area contributed by atoms with Crippen molar-refractivity contribution in [2.75, 3.05) is 0 Å². The number of carbonyl (C=O) groups excluding carboxylic acids is 1. The van der Waals surface area contributed by atoms with Crippen LogP contribution in [-0.4, -0.2) is 20.3 Å². The minimum Gasteiger partial charge on any atom is -0.348 e. The third-order valence-electron chi connectivity index (χ3n) is 5.23. The molecule has 0 aliphatic carbocycles. The zero-order valence-electron chi connectivity index (χ0n) is 17.2. The third-order valence-corrected chi connectivity index (χ3v) is 5.23. The van der Waals surface area contributed by atoms with Gasteiger partial charge in [0.15, 0.2) is 0 Å². The van der Waals surface area contributed by atoms with Crippen LogP contribution in [-0.2, 0) is 30.5 Å². The lowest BCUT2D eigenvalue weighted by molar-refractivity contribution is -0.137. The minimum atomic E-state index is -4.45. The van der Waals surface area contributed by atoms with Crippen molar-refractivity contribution in [1.82, 2.24) is 19.7 Å². The molecule has 1 N–H and O–H groups in total. The molecule has 1 amide bonds. The molecule has 1 aliphatic heterocycles. The van der Waals surface area contributed by atoms with Gasteiger partial charge in [-0.3, -0.25) is 9.36 Å². The van der Waals surface area contributed by atoms with Crippen LogP contribution >= 0.6 is 0 Å². The fourth-order valence-corrected chi connectivity index (χ4v) is 3.79. The summed E-state index contributed by atoms with van der Waals surface area (Å²) in [6.45, 7) is 4.20. The van der Waals surface area contributed by atoms with E-state index in [0.29, 0.717) is 30.8 Å². The second kappa shape index (κ2) is 9.06. The van der Waals surface area contributed by atoms with E-state index in [0.717, 1.165) is 36.1 Å². The van der Waals surface area contributed by atoms with Crippen molar-refractivity contribution in [3.63, 3.8) is 0 Å². The summed E-state index contributed by atoms with van der Waals surface area (Å²) in [7, 11) is 0. The lowest BCUT2D eigenvalue weighted by Crippen LogP contribution is -2.36. The average molecular weight is 424 g/mol. The van der Waals surface area contributed by atoms with Crippen molar-refractivity contribution in [1.29, 1.82) is 0 Å². The van der Waals surface area contributed by atoms with E-state index in [1.165, 1.54) is 6.07 Å². The summed E-state index contributed by atoms with van der Waals surface area (Å²) in [5.74, 6) is 0.381. The number of carbonyl (C=O) groups is 1. The van der Waals surface area contributed by atoms with E-state index in [-0.39, 0.29) is 18.2 Å². The Kier molecular flexibility index (Phi) is 6.67. The molecule has 0 bridgehead atoms. The Labute approximate surface area is 173 Å². The zero-order chi connectivity index (χ0) is 21.9. The van der Waals surface area contributed by atoms with Crippen LogP contribution in [0.15, 0.2) is 29.1 Å². The number of aromatic nitrogens is 3. The number of alkyl halides is 3. The SMILES string of the molecule is CC(C)CC(NC(=O)Cn1nc2n(c1=O)CCCCC2)c1cccc(C(F)(F)F)c1. The van der Waals surface area contributed by atoms with Gasteiger partial charge in [0.05, 0.1) is 11.6 Å². The summed E-state index contributed by atoms with van der Waals surface area (Å²) < 4.78 is 42.0. The minimum absolute atomic E-state index is 0.149. The molecule has 2 aromatic rings. The van der Waals surface area contributed by atoms with Crippen LogP contribution in [0.2, 0.25) is 0 Å². The first-order valence-electron chi connectivity index (χ1n) is 10.3. The van der Waals surface area contributed by atoms with E-state index in [9.17, 15) is 22.8 Å². The predicted octanol–water partition coefficient (Wildman–Crippen LogP) is 3.69. The average Bonchev–Trinajstić information content (AvgIpc) is 2.83. The van der Waals surface area contributed by atoms with Gasteiger partial charge in [-0.2, -0.15) is 18.3 Å². The van der Waals surface area contributed by atoms with Crippen LogP contribution in [0.1, 0.15) is 62.5 Å². The summed E-state index contributed by atoms with van der Waals surface area (Å²) in [6.07, 6.45) is -0.391. The van der Waals surface area contributed by atoms with Crippen molar-refractivity contribution < 1.29 is 18.0 Å². The molecule has 1 aromatic carbocycles. The van der Waals surface area contributed by atoms with E-state index < -0.39 is 23.7 Å². The molecule has 30 heavy (non-hydrogen) atoms. The number of amides is 1. The molecule has 1 unspecified atom stereocenters. The Morgan fingerprint density at radius 2 is 2.00 bits per heavy atom. The Balaban J connectivity index is 1.78. The largest absolute Gasteiger partial charge is 0.416 e. The monoisotopic (exact) mass is 424 g/mol. The van der Waals surface area contributed by atoms with Crippen molar-refractivity contribution in [3.05, 3.63) is 51.7 Å². The van der Waals surface area contributed by atoms with E-state index >= 15 is 0 Å². The van der Waals surface area contributed by atoms with Crippen LogP contribution in [0.4, 0.5) is 13.2 Å². The van der Waals surface area contributed by atoms with E-state index in [1.54, 1.807) is 10.6 Å². The molecular weight excluding hydrogens is 397 g/mol. The van der Waals surface area contributed by atoms with Gasteiger partial charge >= 0.3 is 11.9 Å². The second-order valence-corrected chi connectivity index (χ2v) is 8.19. The van der Waals surface area contributed by atoms with Crippen molar-refractivity contribution >= 4 is 5.91 Å². The first-order valence-corrected chi connectivity index (χ1v) is 10.3. The number of fused-ring (bicyclic) bond motifs is 1. The molecule has 3 rings (SSSR count). The molecule has 0 saturated heterocycles. The number of rotatable bonds is 6. The lowest BCUT2D eigenvalue weighted by Gasteiger charge is -2.22. The number of nitrogens with one attached hydrogen (secondary N) is 1. The molecule has 2 heterocycles. The molecule has 9 heteroatoms. The Hall–Kier alpha value is -2.58. The van der Waals surface area contributed by atoms with E-state index in [2.05, 4.69) is 10.4 Å². The van der Waals surface area contributed by atoms with Gasteiger partial charge in [0.25, 0.3) is 0 Å². The van der Waals surface area contributed by atoms with Gasteiger partial charge in [0.2, 0.25) is 5.91 Å². The van der Waals surface area contributed by atoms with Crippen molar-refractivity contribution in [3.8, 4) is 0 Å². The lowest BCUT2D eigenvalue weighted by atomic mass is 9.95. The van der Waals surface area contributed by atoms with Gasteiger partial charge in [-0.1, -0.05) is 32.4 Å². The molecule has 0 spiro atoms. The number of hydrogen-bond donors (Lipinski definition) is 1. The zero-order valence-corrected chi connectivity index (χ0v) is 17.2. The summed E-state index contributed by atoms with van der Waals surface area (Å²) in [5, 5.41) is 7.09. The maximum Gasteiger partial charge on any atom is 0.416 e. The van der Waals surface area contributed by atoms with E-state index in [4.69, 9.17) is 0 Å². The predicted molar refractivity (Wildman–Crippen MR) is 106 cm³/mol. The van der Waals surface area contributed by atoms with Crippen LogP contribution < -0.4 is 11.0 Å². The van der Waals surface area contributed by atoms with Gasteiger partial charge in [0, 0.05) is 13.0 Å². The highest BCUT2D eigenvalue weighted by molar-refractivity contribution is 5.76. The number of aryl methyl sites for hydroxylation is 1. The molecule has 1 aliphatic rings. The number of nitrogens with zero attached hydrogens (tertiary/aromatic N) is 3. The highest BCUT2D eigenvalue weighted by atomic mass is 19.4. The fourth-order valence-electron chi connectivity index (χ4n) is 3.79. The maximum absolute atomic E-state index is 13.1. The standard InChI is InChI=1S/C21H27F3N4O2/c1-14(2)11-17(15-7-6-8-16(12-15)21(22,23)24)25-19(29)13-28-20(30)27-10-5-3-4-9-18(27)26-28/h6-8,12,14,17H,3-5,9-11,13H2,1-2H3,(H,25,29). The van der Waals surface area contributed by atoms with E-state index in [1.807, 2.05) is 13.8 Å². The summed E-state index contributed by atoms with van der Waals surface area (Å²) in [6, 6.07) is 4.41. The van der Waals surface area contributed by atoms with Crippen LogP contribution in [0, 0.1) is 5.92 Å². The van der Waals surface area contributed by atoms with Gasteiger partial charge in [0.1, 0.15) is 12.4 Å². The summed E-state index contributed by atoms with van der Waals surface area (Å²) in [4.78, 5) is 25.2. The third kappa shape index (κ3) is 5.31. The fraction of sp³-hybridized carbons (Fsp3) is 0.571. The van der Waals surface area contributed by atoms with Crippen molar-refractivity contribution in [2.45, 2.75) is 71.3 Å². The summed E-state index contributed by atoms with van der Waals surface area (Å²) >= 11 is 0. The molecule has 1 atom stereocenters. The normalized spacial score (nSPS) is 15.5. The highest BCUT2D eigenvalue weighted by Crippen LogP contribution is 2.32. The second-order valence-electron chi connectivity index (χ2n) is 8.19. The van der Waals surface area contributed by atoms with Gasteiger partial charge in [-0.25, -0.2) is 9.48 Å². The quantitative estimate of drug-likeness (QED) is 0.769. The Morgan fingerprint density at radius 3 is 2.70 bits per heavy atom. The van der Waals surface area contributed by atoms with Crippen LogP contribution in [0.5, 0.6) is 0 Å². The number of benzene rings is 1. The smallest absolute Gasteiger partial charge is 0.348 e. The van der Waals surface area contributed by atoms with Gasteiger partial charge in [-0.05, 0) is 42.9 Å². The van der Waals surface area contributed by atoms with Gasteiger partial charge < -0.3 is 5.32 Å². The summed E-state index contributed by atoms with van der Waals surface area (Å²) in [5.41, 5.74) is -0.682. The Bertz CT molecular complexity index is 946. The highest BCUT2D eigenvalue weighted by Gasteiger charge is 2.31. The molecule has 0 radical (unpaired) electrons. The molecule has 164 valence electrons. The molecule has 6 nitrogen and oxygen atoms in total. The molecule has 0 fully saturated rings. The first-order chi connectivity index (χ1) is 14.1. The number of hydrogen-bond acceptors (Lipinski definition) is 3. The molecule has 1 aromatic heterocycles. The first kappa shape index (κ1) is 22.1. The van der Waals surface area contributed by atoms with Crippen LogP contribution in [0.3, 0.4) is 0 Å².